The molecule has 0 bridgehead atoms. The summed E-state index contributed by atoms with van der Waals surface area (Å²) in [5.41, 5.74) is -7.54. The van der Waals surface area contributed by atoms with Gasteiger partial charge in [-0.05, 0) is 26.2 Å². The molecule has 1 saturated carbocycles. The van der Waals surface area contributed by atoms with Crippen LogP contribution >= 0.6 is 0 Å². The van der Waals surface area contributed by atoms with Crippen molar-refractivity contribution in [2.45, 2.75) is 81.7 Å². The van der Waals surface area contributed by atoms with E-state index < -0.39 is 76.4 Å². The molecule has 0 amide bonds. The lowest BCUT2D eigenvalue weighted by molar-refractivity contribution is -0.393. The molecular formula is C18H26F8O7S. The standard InChI is InChI=1S/C18H26F8O7S/c1-14(2,9-32-10-15(19,20)34(29,30)31)13(27)33-12(8-11-6-4-3-5-7-11)16(28,17(21,22)23)18(24,25)26/h11-12,28H,3-10H2,1-2H3,(H,29,30,31). The van der Waals surface area contributed by atoms with Gasteiger partial charge in [0, 0.05) is 0 Å². The third-order valence-electron chi connectivity index (χ3n) is 5.51. The zero-order valence-electron chi connectivity index (χ0n) is 18.2. The largest absolute Gasteiger partial charge is 0.458 e. The van der Waals surface area contributed by atoms with Gasteiger partial charge in [-0.3, -0.25) is 9.35 Å². The number of alkyl halides is 8. The molecule has 1 rings (SSSR count). The molecule has 202 valence electrons. The topological polar surface area (TPSA) is 110 Å². The van der Waals surface area contributed by atoms with Crippen molar-refractivity contribution in [1.82, 2.24) is 0 Å². The Hall–Kier alpha value is -1.26. The minimum absolute atomic E-state index is 0.247. The van der Waals surface area contributed by atoms with Gasteiger partial charge in [-0.2, -0.15) is 43.5 Å². The zero-order valence-corrected chi connectivity index (χ0v) is 19.0. The highest BCUT2D eigenvalue weighted by Gasteiger charge is 2.75. The van der Waals surface area contributed by atoms with Crippen LogP contribution < -0.4 is 0 Å². The van der Waals surface area contributed by atoms with Crippen molar-refractivity contribution in [2.24, 2.45) is 11.3 Å². The predicted molar refractivity (Wildman–Crippen MR) is 99.2 cm³/mol. The van der Waals surface area contributed by atoms with Gasteiger partial charge in [0.05, 0.1) is 12.0 Å². The molecule has 16 heteroatoms. The Balaban J connectivity index is 3.14. The fourth-order valence-electron chi connectivity index (χ4n) is 3.40. The fraction of sp³-hybridized carbons (Fsp3) is 0.944. The average molecular weight is 538 g/mol. The van der Waals surface area contributed by atoms with Crippen LogP contribution in [0.2, 0.25) is 0 Å². The summed E-state index contributed by atoms with van der Waals surface area (Å²) in [6.07, 6.45) is -14.4. The second kappa shape index (κ2) is 10.4. The summed E-state index contributed by atoms with van der Waals surface area (Å²) >= 11 is 0. The van der Waals surface area contributed by atoms with Crippen molar-refractivity contribution in [2.75, 3.05) is 13.2 Å². The van der Waals surface area contributed by atoms with Crippen LogP contribution in [0.15, 0.2) is 0 Å². The van der Waals surface area contributed by atoms with Crippen molar-refractivity contribution in [3.05, 3.63) is 0 Å². The number of aliphatic hydroxyl groups is 1. The quantitative estimate of drug-likeness (QED) is 0.243. The molecule has 0 heterocycles. The van der Waals surface area contributed by atoms with Crippen LogP contribution in [0.4, 0.5) is 35.1 Å². The summed E-state index contributed by atoms with van der Waals surface area (Å²) < 4.78 is 146. The number of hydrogen-bond acceptors (Lipinski definition) is 6. The van der Waals surface area contributed by atoms with Crippen LogP contribution in [0.3, 0.4) is 0 Å². The van der Waals surface area contributed by atoms with E-state index in [9.17, 15) is 53.4 Å². The van der Waals surface area contributed by atoms with Gasteiger partial charge in [0.1, 0.15) is 12.7 Å². The van der Waals surface area contributed by atoms with Gasteiger partial charge in [-0.25, -0.2) is 0 Å². The van der Waals surface area contributed by atoms with Crippen molar-refractivity contribution in [3.63, 3.8) is 0 Å². The van der Waals surface area contributed by atoms with Gasteiger partial charge >= 0.3 is 33.7 Å². The summed E-state index contributed by atoms with van der Waals surface area (Å²) in [4.78, 5) is 12.5. The summed E-state index contributed by atoms with van der Waals surface area (Å²) in [7, 11) is -5.89. The van der Waals surface area contributed by atoms with E-state index in [4.69, 9.17) is 4.55 Å². The van der Waals surface area contributed by atoms with E-state index in [0.29, 0.717) is 19.3 Å². The maximum Gasteiger partial charge on any atom is 0.430 e. The molecular weight excluding hydrogens is 512 g/mol. The fourth-order valence-corrected chi connectivity index (χ4v) is 3.63. The molecule has 0 aromatic rings. The third-order valence-corrected chi connectivity index (χ3v) is 6.39. The van der Waals surface area contributed by atoms with E-state index >= 15 is 0 Å². The van der Waals surface area contributed by atoms with Gasteiger partial charge in [-0.15, -0.1) is 0 Å². The number of carbonyl (C=O) groups excluding carboxylic acids is 1. The van der Waals surface area contributed by atoms with Crippen molar-refractivity contribution in [1.29, 1.82) is 0 Å². The van der Waals surface area contributed by atoms with E-state index in [-0.39, 0.29) is 12.8 Å². The molecule has 1 atom stereocenters. The first-order chi connectivity index (χ1) is 15.1. The van der Waals surface area contributed by atoms with Gasteiger partial charge in [0.25, 0.3) is 5.60 Å². The summed E-state index contributed by atoms with van der Waals surface area (Å²) in [6.45, 7) is -1.33. The lowest BCUT2D eigenvalue weighted by Crippen LogP contribution is -2.66. The molecule has 2 N–H and O–H groups in total. The average Bonchev–Trinajstić information content (AvgIpc) is 2.64. The first-order valence-electron chi connectivity index (χ1n) is 10.1. The second-order valence-electron chi connectivity index (χ2n) is 8.88. The molecule has 0 radical (unpaired) electrons. The van der Waals surface area contributed by atoms with Crippen LogP contribution in [-0.2, 0) is 24.4 Å². The van der Waals surface area contributed by atoms with Gasteiger partial charge in [0.2, 0.25) is 0 Å². The Morgan fingerprint density at radius 2 is 1.41 bits per heavy atom. The first-order valence-corrected chi connectivity index (χ1v) is 11.5. The molecule has 0 saturated heterocycles. The van der Waals surface area contributed by atoms with E-state index in [1.54, 1.807) is 0 Å². The predicted octanol–water partition coefficient (Wildman–Crippen LogP) is 4.25. The number of halogens is 8. The molecule has 1 fully saturated rings. The lowest BCUT2D eigenvalue weighted by atomic mass is 9.80. The number of rotatable bonds is 10. The second-order valence-corrected chi connectivity index (χ2v) is 10.4. The van der Waals surface area contributed by atoms with E-state index in [0.717, 1.165) is 13.8 Å². The van der Waals surface area contributed by atoms with Crippen molar-refractivity contribution in [3.8, 4) is 0 Å². The summed E-state index contributed by atoms with van der Waals surface area (Å²) in [6, 6.07) is 0. The van der Waals surface area contributed by atoms with E-state index in [2.05, 4.69) is 9.47 Å². The molecule has 1 aliphatic carbocycles. The van der Waals surface area contributed by atoms with Crippen LogP contribution in [0.1, 0.15) is 52.4 Å². The van der Waals surface area contributed by atoms with Crippen LogP contribution in [0, 0.1) is 11.3 Å². The van der Waals surface area contributed by atoms with Crippen molar-refractivity contribution >= 4 is 16.1 Å². The van der Waals surface area contributed by atoms with Crippen LogP contribution in [-0.4, -0.2) is 66.6 Å². The highest BCUT2D eigenvalue weighted by molar-refractivity contribution is 7.86. The Bertz CT molecular complexity index is 788. The monoisotopic (exact) mass is 538 g/mol. The Labute approximate surface area is 190 Å². The SMILES string of the molecule is CC(C)(COCC(F)(F)S(=O)(=O)O)C(=O)OC(CC1CCCCC1)C(O)(C(F)(F)F)C(F)(F)F. The van der Waals surface area contributed by atoms with E-state index in [1.807, 2.05) is 0 Å². The summed E-state index contributed by atoms with van der Waals surface area (Å²) in [5.74, 6) is -2.45. The molecule has 0 spiro atoms. The number of carbonyl (C=O) groups is 1. The van der Waals surface area contributed by atoms with Crippen LogP contribution in [0.5, 0.6) is 0 Å². The van der Waals surface area contributed by atoms with E-state index in [1.165, 1.54) is 0 Å². The molecule has 1 unspecified atom stereocenters. The third kappa shape index (κ3) is 7.13. The highest BCUT2D eigenvalue weighted by Crippen LogP contribution is 2.48. The molecule has 0 aliphatic heterocycles. The Kier molecular flexibility index (Phi) is 9.40. The maximum atomic E-state index is 13.4. The maximum absolute atomic E-state index is 13.4. The first kappa shape index (κ1) is 30.8. The minimum atomic E-state index is -6.27. The molecule has 34 heavy (non-hydrogen) atoms. The van der Waals surface area contributed by atoms with Gasteiger partial charge < -0.3 is 14.6 Å². The Morgan fingerprint density at radius 3 is 1.82 bits per heavy atom. The molecule has 1 aliphatic rings. The molecule has 0 aromatic carbocycles. The number of hydrogen-bond donors (Lipinski definition) is 2. The summed E-state index contributed by atoms with van der Waals surface area (Å²) in [5, 5.41) is 5.02. The normalized spacial score (nSPS) is 18.6. The van der Waals surface area contributed by atoms with Crippen molar-refractivity contribution < 1.29 is 67.5 Å². The lowest BCUT2D eigenvalue weighted by Gasteiger charge is -2.40. The number of esters is 1. The van der Waals surface area contributed by atoms with Gasteiger partial charge in [0.15, 0.2) is 0 Å². The number of ether oxygens (including phenoxy) is 2. The zero-order chi connectivity index (χ0) is 26.8. The molecule has 7 nitrogen and oxygen atoms in total. The highest BCUT2D eigenvalue weighted by atomic mass is 32.2. The minimum Gasteiger partial charge on any atom is -0.458 e. The smallest absolute Gasteiger partial charge is 0.430 e. The van der Waals surface area contributed by atoms with Gasteiger partial charge in [-0.1, -0.05) is 32.1 Å². The Morgan fingerprint density at radius 1 is 0.941 bits per heavy atom. The van der Waals surface area contributed by atoms with Crippen LogP contribution in [0.25, 0.3) is 0 Å². The molecule has 0 aromatic heterocycles.